The maximum absolute atomic E-state index is 13.1. The molecule has 0 aromatic carbocycles. The highest BCUT2D eigenvalue weighted by Gasteiger charge is 2.30. The molecule has 0 aliphatic carbocycles. The Balaban J connectivity index is 5.22. The summed E-state index contributed by atoms with van der Waals surface area (Å²) in [6, 6.07) is 0. The molecule has 560 valence electrons. The van der Waals surface area contributed by atoms with E-state index >= 15 is 0 Å². The number of ether oxygens (including phenoxy) is 4. The summed E-state index contributed by atoms with van der Waals surface area (Å²) in [6.07, 6.45) is 57.9. The van der Waals surface area contributed by atoms with Crippen molar-refractivity contribution in [2.45, 2.75) is 387 Å². The molecule has 0 rings (SSSR count). The second-order valence-electron chi connectivity index (χ2n) is 27.7. The van der Waals surface area contributed by atoms with Crippen LogP contribution in [0.3, 0.4) is 0 Å². The minimum absolute atomic E-state index is 0.101. The fourth-order valence-corrected chi connectivity index (χ4v) is 12.7. The van der Waals surface area contributed by atoms with Gasteiger partial charge in [-0.25, -0.2) is 9.13 Å². The molecule has 0 bridgehead atoms. The topological polar surface area (TPSA) is 237 Å². The molecule has 19 heteroatoms. The van der Waals surface area contributed by atoms with Gasteiger partial charge < -0.3 is 33.8 Å². The third kappa shape index (κ3) is 69.8. The van der Waals surface area contributed by atoms with Gasteiger partial charge in [0.1, 0.15) is 19.3 Å². The predicted octanol–water partition coefficient (Wildman–Crippen LogP) is 21.9. The van der Waals surface area contributed by atoms with Gasteiger partial charge in [-0.3, -0.25) is 37.3 Å². The van der Waals surface area contributed by atoms with Crippen LogP contribution in [0.4, 0.5) is 0 Å². The van der Waals surface area contributed by atoms with Gasteiger partial charge >= 0.3 is 39.5 Å². The normalized spacial score (nSPS) is 14.2. The molecule has 17 nitrogen and oxygen atoms in total. The first-order valence-corrected chi connectivity index (χ1v) is 41.8. The summed E-state index contributed by atoms with van der Waals surface area (Å²) < 4.78 is 68.4. The zero-order valence-corrected chi connectivity index (χ0v) is 63.2. The molecule has 0 aliphatic heterocycles. The largest absolute Gasteiger partial charge is 0.472 e. The summed E-state index contributed by atoms with van der Waals surface area (Å²) in [5.74, 6) is -0.653. The number of carbonyl (C=O) groups excluding carboxylic acids is 4. The van der Waals surface area contributed by atoms with Crippen LogP contribution in [-0.4, -0.2) is 96.7 Å². The lowest BCUT2D eigenvalue weighted by Crippen LogP contribution is -2.30. The van der Waals surface area contributed by atoms with Crippen LogP contribution in [0, 0.1) is 11.8 Å². The van der Waals surface area contributed by atoms with Crippen molar-refractivity contribution in [3.63, 3.8) is 0 Å². The highest BCUT2D eigenvalue weighted by molar-refractivity contribution is 7.47. The number of unbranched alkanes of at least 4 members (excludes halogenated alkanes) is 40. The molecule has 2 unspecified atom stereocenters. The van der Waals surface area contributed by atoms with Crippen LogP contribution >= 0.6 is 15.6 Å². The van der Waals surface area contributed by atoms with Crippen molar-refractivity contribution in [1.82, 2.24) is 0 Å². The number of phosphoric ester groups is 2. The molecule has 0 amide bonds. The number of hydrogen-bond donors (Lipinski definition) is 3. The first-order valence-electron chi connectivity index (χ1n) is 38.8. The Morgan fingerprint density at radius 2 is 0.568 bits per heavy atom. The van der Waals surface area contributed by atoms with E-state index in [0.717, 1.165) is 121 Å². The number of esters is 4. The highest BCUT2D eigenvalue weighted by Crippen LogP contribution is 2.45. The first kappa shape index (κ1) is 92.5. The number of rotatable bonds is 73. The number of hydrogen-bond acceptors (Lipinski definition) is 15. The molecule has 0 spiro atoms. The SMILES string of the molecule is CCCCCC/C=C\C=C/CCCCCCCC(=O)OC[C@H](COP(=O)(O)OC[C@@H](O)COP(=O)(O)OC[C@@H](COC(=O)CCCCCCCCC(C)C)OC(=O)CCCCCCCCCCCC)OC(=O)CCCCCCCCCCCCCCCCCCCCC(C)C. The van der Waals surface area contributed by atoms with Crippen molar-refractivity contribution < 1.29 is 80.2 Å². The molecular formula is C76H144O17P2. The van der Waals surface area contributed by atoms with Crippen molar-refractivity contribution in [1.29, 1.82) is 0 Å². The van der Waals surface area contributed by atoms with E-state index in [1.807, 2.05) is 0 Å². The number of aliphatic hydroxyl groups is 1. The minimum atomic E-state index is -4.96. The van der Waals surface area contributed by atoms with Crippen molar-refractivity contribution >= 4 is 39.5 Å². The maximum Gasteiger partial charge on any atom is 0.472 e. The average molecular weight is 1390 g/mol. The standard InChI is InChI=1S/C76H144O17P2/c1-7-9-11-13-15-17-19-20-25-29-32-36-39-46-52-58-73(78)86-64-71(92-76(81)61-55-49-41-37-33-30-27-24-22-21-23-26-28-31-34-38-44-50-56-68(3)4)66-90-94(82,83)88-62-70(77)63-89-95(84,85)91-67-72(65-87-74(79)59-53-47-43-42-45-51-57-69(5)6)93-75(80)60-54-48-40-35-18-16-14-12-10-8-2/h17,19-20,25,68-72,77H,7-16,18,21-24,26-67H2,1-6H3,(H,82,83)(H,84,85)/b19-17-,25-20-/t70-,71-,72-/m1/s1. The Kier molecular flexibility index (Phi) is 65.6. The molecule has 5 atom stereocenters. The van der Waals surface area contributed by atoms with Crippen LogP contribution in [0.15, 0.2) is 24.3 Å². The summed E-state index contributed by atoms with van der Waals surface area (Å²) in [5, 5.41) is 10.6. The fourth-order valence-electron chi connectivity index (χ4n) is 11.1. The van der Waals surface area contributed by atoms with E-state index in [2.05, 4.69) is 65.8 Å². The van der Waals surface area contributed by atoms with Gasteiger partial charge in [-0.1, -0.05) is 316 Å². The van der Waals surface area contributed by atoms with E-state index in [0.29, 0.717) is 31.6 Å². The summed E-state index contributed by atoms with van der Waals surface area (Å²) in [6.45, 7) is 9.46. The highest BCUT2D eigenvalue weighted by atomic mass is 31.2. The van der Waals surface area contributed by atoms with E-state index in [1.54, 1.807) is 0 Å². The van der Waals surface area contributed by atoms with Gasteiger partial charge in [-0.2, -0.15) is 0 Å². The molecule has 0 saturated carbocycles. The van der Waals surface area contributed by atoms with E-state index in [1.165, 1.54) is 161 Å². The smallest absolute Gasteiger partial charge is 0.462 e. The molecule has 95 heavy (non-hydrogen) atoms. The van der Waals surface area contributed by atoms with Crippen LogP contribution in [0.1, 0.15) is 369 Å². The third-order valence-corrected chi connectivity index (χ3v) is 19.0. The van der Waals surface area contributed by atoms with Gasteiger partial charge in [0.05, 0.1) is 26.4 Å². The second-order valence-corrected chi connectivity index (χ2v) is 30.6. The van der Waals surface area contributed by atoms with Crippen molar-refractivity contribution in [3.8, 4) is 0 Å². The van der Waals surface area contributed by atoms with Gasteiger partial charge in [0.25, 0.3) is 0 Å². The number of phosphoric acid groups is 2. The quantitative estimate of drug-likeness (QED) is 0.0169. The summed E-state index contributed by atoms with van der Waals surface area (Å²) >= 11 is 0. The zero-order chi connectivity index (χ0) is 70.0. The Bertz CT molecular complexity index is 1930. The molecular weight excluding hydrogens is 1250 g/mol. The molecule has 0 aromatic rings. The summed E-state index contributed by atoms with van der Waals surface area (Å²) in [5.41, 5.74) is 0. The monoisotopic (exact) mass is 1390 g/mol. The van der Waals surface area contributed by atoms with Gasteiger partial charge in [0.2, 0.25) is 0 Å². The van der Waals surface area contributed by atoms with Crippen LogP contribution in [0.5, 0.6) is 0 Å². The molecule has 0 radical (unpaired) electrons. The number of allylic oxidation sites excluding steroid dienone is 4. The average Bonchev–Trinajstić information content (AvgIpc) is 1.62. The van der Waals surface area contributed by atoms with Crippen molar-refractivity contribution in [3.05, 3.63) is 24.3 Å². The van der Waals surface area contributed by atoms with Gasteiger partial charge in [0.15, 0.2) is 12.2 Å². The first-order chi connectivity index (χ1) is 45.9. The Hall–Kier alpha value is -2.46. The molecule has 0 aliphatic rings. The van der Waals surface area contributed by atoms with Crippen LogP contribution in [0.2, 0.25) is 0 Å². The van der Waals surface area contributed by atoms with Crippen molar-refractivity contribution in [2.75, 3.05) is 39.6 Å². The van der Waals surface area contributed by atoms with Crippen LogP contribution in [-0.2, 0) is 65.4 Å². The number of carbonyl (C=O) groups is 4. The van der Waals surface area contributed by atoms with Gasteiger partial charge in [-0.05, 0) is 63.2 Å². The lowest BCUT2D eigenvalue weighted by Gasteiger charge is -2.21. The lowest BCUT2D eigenvalue weighted by atomic mass is 10.0. The fraction of sp³-hybridized carbons (Fsp3) is 0.895. The summed E-state index contributed by atoms with van der Waals surface area (Å²) in [7, 11) is -9.92. The maximum atomic E-state index is 13.1. The zero-order valence-electron chi connectivity index (χ0n) is 61.5. The molecule has 3 N–H and O–H groups in total. The predicted molar refractivity (Wildman–Crippen MR) is 386 cm³/mol. The molecule has 0 saturated heterocycles. The Morgan fingerprint density at radius 1 is 0.326 bits per heavy atom. The van der Waals surface area contributed by atoms with E-state index in [-0.39, 0.29) is 25.7 Å². The third-order valence-electron chi connectivity index (χ3n) is 17.1. The van der Waals surface area contributed by atoms with Crippen LogP contribution < -0.4 is 0 Å². The van der Waals surface area contributed by atoms with Crippen LogP contribution in [0.25, 0.3) is 0 Å². The molecule has 0 aromatic heterocycles. The Morgan fingerprint density at radius 3 is 0.863 bits per heavy atom. The van der Waals surface area contributed by atoms with Gasteiger partial charge in [0, 0.05) is 25.7 Å². The number of aliphatic hydroxyl groups excluding tert-OH is 1. The molecule has 0 heterocycles. The van der Waals surface area contributed by atoms with E-state index in [4.69, 9.17) is 37.0 Å². The molecule has 0 fully saturated rings. The van der Waals surface area contributed by atoms with Crippen molar-refractivity contribution in [2.24, 2.45) is 11.8 Å². The summed E-state index contributed by atoms with van der Waals surface area (Å²) in [4.78, 5) is 72.6. The Labute approximate surface area is 580 Å². The minimum Gasteiger partial charge on any atom is -0.462 e. The van der Waals surface area contributed by atoms with E-state index < -0.39 is 97.5 Å². The van der Waals surface area contributed by atoms with Gasteiger partial charge in [-0.15, -0.1) is 0 Å². The van der Waals surface area contributed by atoms with E-state index in [9.17, 15) is 43.2 Å². The lowest BCUT2D eigenvalue weighted by molar-refractivity contribution is -0.161. The second kappa shape index (κ2) is 67.4.